The Morgan fingerprint density at radius 3 is 1.19 bits per heavy atom. The van der Waals surface area contributed by atoms with Crippen molar-refractivity contribution in [1.82, 2.24) is 0 Å². The van der Waals surface area contributed by atoms with Crippen LogP contribution in [-0.4, -0.2) is 8.42 Å². The molecule has 0 atom stereocenters. The molecule has 132 valence electrons. The summed E-state index contributed by atoms with van der Waals surface area (Å²) in [4.78, 5) is 0.600. The quantitative estimate of drug-likeness (QED) is 0.451. The van der Waals surface area contributed by atoms with Crippen molar-refractivity contribution in [3.8, 4) is 22.3 Å². The highest BCUT2D eigenvalue weighted by Crippen LogP contribution is 2.29. The molecule has 0 aliphatic heterocycles. The first-order valence-electron chi connectivity index (χ1n) is 8.71. The third-order valence-corrected chi connectivity index (χ3v) is 6.25. The summed E-state index contributed by atoms with van der Waals surface area (Å²) in [5.74, 6) is 0. The van der Waals surface area contributed by atoms with Crippen LogP contribution in [-0.2, 0) is 9.84 Å². The van der Waals surface area contributed by atoms with Gasteiger partial charge in [-0.05, 0) is 46.5 Å². The van der Waals surface area contributed by atoms with Gasteiger partial charge >= 0.3 is 0 Å². The molecule has 0 aliphatic carbocycles. The Bertz CT molecular complexity index is 1080. The normalized spacial score (nSPS) is 11.3. The Kier molecular flexibility index (Phi) is 4.61. The van der Waals surface area contributed by atoms with Crippen LogP contribution in [0.4, 0.5) is 0 Å². The fourth-order valence-corrected chi connectivity index (χ4v) is 4.43. The molecule has 0 saturated heterocycles. The molecule has 0 saturated carbocycles. The van der Waals surface area contributed by atoms with E-state index in [1.54, 1.807) is 36.4 Å². The number of hydrogen-bond donors (Lipinski definition) is 0. The van der Waals surface area contributed by atoms with Crippen LogP contribution in [0.25, 0.3) is 22.3 Å². The van der Waals surface area contributed by atoms with E-state index in [0.717, 1.165) is 22.3 Å². The first-order valence-corrected chi connectivity index (χ1v) is 10.2. The van der Waals surface area contributed by atoms with Gasteiger partial charge in [-0.2, -0.15) is 0 Å². The van der Waals surface area contributed by atoms with Gasteiger partial charge in [0.2, 0.25) is 9.84 Å². The average molecular weight is 370 g/mol. The molecular formula is C24H18O2S. The maximum atomic E-state index is 13.2. The molecule has 0 heterocycles. The Morgan fingerprint density at radius 1 is 0.407 bits per heavy atom. The summed E-state index contributed by atoms with van der Waals surface area (Å²) >= 11 is 0. The molecule has 4 aromatic rings. The summed E-state index contributed by atoms with van der Waals surface area (Å²) in [6.45, 7) is 0. The number of rotatable bonds is 4. The zero-order valence-electron chi connectivity index (χ0n) is 14.6. The van der Waals surface area contributed by atoms with Crippen molar-refractivity contribution in [2.45, 2.75) is 9.79 Å². The lowest BCUT2D eigenvalue weighted by Crippen LogP contribution is -2.02. The molecule has 4 rings (SSSR count). The van der Waals surface area contributed by atoms with Gasteiger partial charge in [-0.25, -0.2) is 8.42 Å². The van der Waals surface area contributed by atoms with Crippen LogP contribution in [0, 0.1) is 0 Å². The number of benzene rings is 4. The van der Waals surface area contributed by atoms with E-state index in [0.29, 0.717) is 9.79 Å². The van der Waals surface area contributed by atoms with Crippen molar-refractivity contribution < 1.29 is 8.42 Å². The van der Waals surface area contributed by atoms with Gasteiger partial charge in [-0.3, -0.25) is 0 Å². The minimum Gasteiger partial charge on any atom is -0.219 e. The van der Waals surface area contributed by atoms with E-state index >= 15 is 0 Å². The van der Waals surface area contributed by atoms with Crippen LogP contribution in [0.15, 0.2) is 119 Å². The van der Waals surface area contributed by atoms with Crippen LogP contribution >= 0.6 is 0 Å². The largest absolute Gasteiger partial charge is 0.219 e. The number of hydrogen-bond acceptors (Lipinski definition) is 2. The highest BCUT2D eigenvalue weighted by atomic mass is 32.2. The van der Waals surface area contributed by atoms with Crippen LogP contribution in [0.1, 0.15) is 0 Å². The van der Waals surface area contributed by atoms with E-state index in [9.17, 15) is 8.42 Å². The van der Waals surface area contributed by atoms with Gasteiger partial charge in [0.15, 0.2) is 0 Å². The third kappa shape index (κ3) is 3.55. The van der Waals surface area contributed by atoms with Gasteiger partial charge in [0.25, 0.3) is 0 Å². The SMILES string of the molecule is O=S(=O)(c1cccc(-c2ccccc2)c1)c1cccc(-c2ccccc2)c1. The lowest BCUT2D eigenvalue weighted by Gasteiger charge is -2.09. The summed E-state index contributed by atoms with van der Waals surface area (Å²) in [7, 11) is -3.60. The molecule has 0 spiro atoms. The fourth-order valence-electron chi connectivity index (χ4n) is 3.08. The second-order valence-electron chi connectivity index (χ2n) is 6.29. The maximum absolute atomic E-state index is 13.2. The predicted molar refractivity (Wildman–Crippen MR) is 109 cm³/mol. The zero-order chi connectivity index (χ0) is 18.7. The van der Waals surface area contributed by atoms with Crippen LogP contribution < -0.4 is 0 Å². The summed E-state index contributed by atoms with van der Waals surface area (Å²) in [6, 6.07) is 33.8. The van der Waals surface area contributed by atoms with Crippen molar-refractivity contribution in [3.05, 3.63) is 109 Å². The molecule has 0 amide bonds. The lowest BCUT2D eigenvalue weighted by atomic mass is 10.1. The summed E-state index contributed by atoms with van der Waals surface area (Å²) in [6.07, 6.45) is 0. The molecule has 0 aromatic heterocycles. The Labute approximate surface area is 159 Å². The summed E-state index contributed by atoms with van der Waals surface area (Å²) in [5.41, 5.74) is 3.76. The van der Waals surface area contributed by atoms with Crippen molar-refractivity contribution >= 4 is 9.84 Å². The van der Waals surface area contributed by atoms with Gasteiger partial charge < -0.3 is 0 Å². The molecule has 3 heteroatoms. The monoisotopic (exact) mass is 370 g/mol. The second kappa shape index (κ2) is 7.22. The van der Waals surface area contributed by atoms with E-state index < -0.39 is 9.84 Å². The molecule has 0 radical (unpaired) electrons. The molecule has 0 aliphatic rings. The summed E-state index contributed by atoms with van der Waals surface area (Å²) in [5, 5.41) is 0. The van der Waals surface area contributed by atoms with Gasteiger partial charge in [-0.15, -0.1) is 0 Å². The molecule has 0 N–H and O–H groups in total. The molecular weight excluding hydrogens is 352 g/mol. The molecule has 27 heavy (non-hydrogen) atoms. The van der Waals surface area contributed by atoms with E-state index in [2.05, 4.69) is 0 Å². The fraction of sp³-hybridized carbons (Fsp3) is 0. The molecule has 2 nitrogen and oxygen atoms in total. The van der Waals surface area contributed by atoms with Crippen molar-refractivity contribution in [1.29, 1.82) is 0 Å². The van der Waals surface area contributed by atoms with Gasteiger partial charge in [-0.1, -0.05) is 84.9 Å². The standard InChI is InChI=1S/C24H18O2S/c25-27(26,23-15-7-13-21(17-23)19-9-3-1-4-10-19)24-16-8-14-22(18-24)20-11-5-2-6-12-20/h1-18H. The van der Waals surface area contributed by atoms with E-state index in [1.807, 2.05) is 72.8 Å². The maximum Gasteiger partial charge on any atom is 0.206 e. The highest BCUT2D eigenvalue weighted by molar-refractivity contribution is 7.91. The van der Waals surface area contributed by atoms with Gasteiger partial charge in [0.05, 0.1) is 9.79 Å². The van der Waals surface area contributed by atoms with Crippen LogP contribution in [0.3, 0.4) is 0 Å². The Balaban J connectivity index is 1.77. The minimum absolute atomic E-state index is 0.300. The molecule has 0 bridgehead atoms. The zero-order valence-corrected chi connectivity index (χ0v) is 15.4. The van der Waals surface area contributed by atoms with E-state index in [1.165, 1.54) is 0 Å². The topological polar surface area (TPSA) is 34.1 Å². The van der Waals surface area contributed by atoms with E-state index in [-0.39, 0.29) is 0 Å². The van der Waals surface area contributed by atoms with Crippen LogP contribution in [0.2, 0.25) is 0 Å². The minimum atomic E-state index is -3.60. The molecule has 4 aromatic carbocycles. The van der Waals surface area contributed by atoms with E-state index in [4.69, 9.17) is 0 Å². The van der Waals surface area contributed by atoms with Crippen molar-refractivity contribution in [2.24, 2.45) is 0 Å². The third-order valence-electron chi connectivity index (χ3n) is 4.50. The highest BCUT2D eigenvalue weighted by Gasteiger charge is 2.18. The van der Waals surface area contributed by atoms with Crippen LogP contribution in [0.5, 0.6) is 0 Å². The first kappa shape index (κ1) is 17.3. The average Bonchev–Trinajstić information content (AvgIpc) is 2.75. The smallest absolute Gasteiger partial charge is 0.206 e. The second-order valence-corrected chi connectivity index (χ2v) is 8.24. The van der Waals surface area contributed by atoms with Gasteiger partial charge in [0, 0.05) is 0 Å². The van der Waals surface area contributed by atoms with Gasteiger partial charge in [0.1, 0.15) is 0 Å². The van der Waals surface area contributed by atoms with Crippen molar-refractivity contribution in [2.75, 3.05) is 0 Å². The predicted octanol–water partition coefficient (Wildman–Crippen LogP) is 5.85. The molecule has 0 fully saturated rings. The number of sulfone groups is 1. The molecule has 0 unspecified atom stereocenters. The lowest BCUT2D eigenvalue weighted by molar-refractivity contribution is 0.596. The summed E-state index contributed by atoms with van der Waals surface area (Å²) < 4.78 is 26.4. The Hall–Kier alpha value is -3.17. The first-order chi connectivity index (χ1) is 13.1. The Morgan fingerprint density at radius 2 is 0.778 bits per heavy atom. The van der Waals surface area contributed by atoms with Crippen molar-refractivity contribution in [3.63, 3.8) is 0 Å².